The van der Waals surface area contributed by atoms with Gasteiger partial charge in [0, 0.05) is 6.54 Å². The van der Waals surface area contributed by atoms with E-state index in [1.54, 1.807) is 7.11 Å². The van der Waals surface area contributed by atoms with Crippen LogP contribution in [-0.4, -0.2) is 26.8 Å². The van der Waals surface area contributed by atoms with Crippen LogP contribution < -0.4 is 14.8 Å². The van der Waals surface area contributed by atoms with Gasteiger partial charge in [-0.2, -0.15) is 0 Å². The Morgan fingerprint density at radius 1 is 0.944 bits per heavy atom. The molecule has 1 aromatic rings. The third-order valence-corrected chi connectivity index (χ3v) is 2.81. The molecule has 0 unspecified atom stereocenters. The molecule has 0 heterocycles. The van der Waals surface area contributed by atoms with Crippen LogP contribution in [0.15, 0.2) is 24.3 Å². The topological polar surface area (TPSA) is 30.5 Å². The predicted octanol–water partition coefficient (Wildman–Crippen LogP) is 3.24. The molecule has 18 heavy (non-hydrogen) atoms. The predicted molar refractivity (Wildman–Crippen MR) is 75.5 cm³/mol. The van der Waals surface area contributed by atoms with Gasteiger partial charge in [0.15, 0.2) is 0 Å². The minimum absolute atomic E-state index is 0.708. The Morgan fingerprint density at radius 2 is 1.67 bits per heavy atom. The van der Waals surface area contributed by atoms with Gasteiger partial charge < -0.3 is 14.8 Å². The number of ether oxygens (including phenoxy) is 2. The molecule has 0 amide bonds. The smallest absolute Gasteiger partial charge is 0.119 e. The Hall–Kier alpha value is -1.22. The molecule has 3 heteroatoms. The molecule has 3 nitrogen and oxygen atoms in total. The fourth-order valence-corrected chi connectivity index (χ4v) is 1.71. The molecule has 0 spiro atoms. The first-order chi connectivity index (χ1) is 8.86. The Bertz CT molecular complexity index is 298. The first kappa shape index (κ1) is 14.8. The lowest BCUT2D eigenvalue weighted by Gasteiger charge is -2.08. The number of hydrogen-bond donors (Lipinski definition) is 1. The summed E-state index contributed by atoms with van der Waals surface area (Å²) in [6.45, 7) is 4.93. The summed E-state index contributed by atoms with van der Waals surface area (Å²) in [7, 11) is 1.67. The number of rotatable bonds is 10. The quantitative estimate of drug-likeness (QED) is 0.648. The van der Waals surface area contributed by atoms with Gasteiger partial charge in [0.25, 0.3) is 0 Å². The van der Waals surface area contributed by atoms with Gasteiger partial charge in [-0.05, 0) is 37.2 Å². The van der Waals surface area contributed by atoms with E-state index in [1.807, 2.05) is 24.3 Å². The first-order valence-corrected chi connectivity index (χ1v) is 6.84. The van der Waals surface area contributed by atoms with Crippen LogP contribution in [0.2, 0.25) is 0 Å². The maximum Gasteiger partial charge on any atom is 0.119 e. The minimum atomic E-state index is 0.708. The highest BCUT2D eigenvalue weighted by molar-refractivity contribution is 5.31. The van der Waals surface area contributed by atoms with E-state index in [-0.39, 0.29) is 0 Å². The maximum atomic E-state index is 5.62. The lowest BCUT2D eigenvalue weighted by atomic mass is 10.2. The molecule has 1 aromatic carbocycles. The zero-order chi connectivity index (χ0) is 13.1. The Morgan fingerprint density at radius 3 is 2.33 bits per heavy atom. The van der Waals surface area contributed by atoms with E-state index < -0.39 is 0 Å². The van der Waals surface area contributed by atoms with Gasteiger partial charge in [0.05, 0.1) is 7.11 Å². The van der Waals surface area contributed by atoms with Crippen LogP contribution in [0.3, 0.4) is 0 Å². The number of unbranched alkanes of at least 4 members (excludes halogenated alkanes) is 3. The third kappa shape index (κ3) is 6.50. The summed E-state index contributed by atoms with van der Waals surface area (Å²) >= 11 is 0. The van der Waals surface area contributed by atoms with Gasteiger partial charge in [0.2, 0.25) is 0 Å². The van der Waals surface area contributed by atoms with Crippen LogP contribution in [0.4, 0.5) is 0 Å². The number of hydrogen-bond acceptors (Lipinski definition) is 3. The largest absolute Gasteiger partial charge is 0.497 e. The summed E-state index contributed by atoms with van der Waals surface area (Å²) in [6, 6.07) is 7.68. The van der Waals surface area contributed by atoms with Crippen molar-refractivity contribution in [3.05, 3.63) is 24.3 Å². The molecule has 0 aliphatic heterocycles. The van der Waals surface area contributed by atoms with E-state index in [0.29, 0.717) is 6.61 Å². The van der Waals surface area contributed by atoms with Crippen LogP contribution in [0.25, 0.3) is 0 Å². The molecule has 102 valence electrons. The van der Waals surface area contributed by atoms with Crippen molar-refractivity contribution in [2.45, 2.75) is 32.6 Å². The van der Waals surface area contributed by atoms with Crippen molar-refractivity contribution in [1.82, 2.24) is 5.32 Å². The highest BCUT2D eigenvalue weighted by atomic mass is 16.5. The zero-order valence-corrected chi connectivity index (χ0v) is 11.6. The van der Waals surface area contributed by atoms with Crippen molar-refractivity contribution in [2.24, 2.45) is 0 Å². The summed E-state index contributed by atoms with van der Waals surface area (Å²) in [6.07, 6.45) is 5.21. The molecule has 0 saturated carbocycles. The van der Waals surface area contributed by atoms with Gasteiger partial charge in [-0.1, -0.05) is 26.2 Å². The van der Waals surface area contributed by atoms with E-state index in [9.17, 15) is 0 Å². The SMILES string of the molecule is CCCCCCNCCOc1ccc(OC)cc1. The third-order valence-electron chi connectivity index (χ3n) is 2.81. The van der Waals surface area contributed by atoms with Gasteiger partial charge in [-0.3, -0.25) is 0 Å². The zero-order valence-electron chi connectivity index (χ0n) is 11.6. The van der Waals surface area contributed by atoms with Crippen LogP contribution in [0, 0.1) is 0 Å². The number of methoxy groups -OCH3 is 1. The van der Waals surface area contributed by atoms with Crippen LogP contribution >= 0.6 is 0 Å². The molecule has 0 aromatic heterocycles. The van der Waals surface area contributed by atoms with Crippen LogP contribution in [0.5, 0.6) is 11.5 Å². The molecule has 0 radical (unpaired) electrons. The second-order valence-corrected chi connectivity index (χ2v) is 4.33. The highest BCUT2D eigenvalue weighted by Crippen LogP contribution is 2.16. The fraction of sp³-hybridized carbons (Fsp3) is 0.600. The minimum Gasteiger partial charge on any atom is -0.497 e. The second kappa shape index (κ2) is 9.77. The molecule has 0 aliphatic rings. The van der Waals surface area contributed by atoms with Crippen molar-refractivity contribution in [3.63, 3.8) is 0 Å². The molecule has 0 bridgehead atoms. The summed E-state index contributed by atoms with van der Waals surface area (Å²) in [4.78, 5) is 0. The van der Waals surface area contributed by atoms with E-state index in [1.165, 1.54) is 25.7 Å². The normalized spacial score (nSPS) is 10.3. The van der Waals surface area contributed by atoms with Crippen molar-refractivity contribution >= 4 is 0 Å². The molecule has 1 rings (SSSR count). The van der Waals surface area contributed by atoms with Crippen LogP contribution in [0.1, 0.15) is 32.6 Å². The van der Waals surface area contributed by atoms with Gasteiger partial charge in [-0.25, -0.2) is 0 Å². The summed E-state index contributed by atoms with van der Waals surface area (Å²) in [5, 5.41) is 3.39. The van der Waals surface area contributed by atoms with E-state index >= 15 is 0 Å². The van der Waals surface area contributed by atoms with Crippen molar-refractivity contribution < 1.29 is 9.47 Å². The molecular formula is C15H25NO2. The fourth-order valence-electron chi connectivity index (χ4n) is 1.71. The lowest BCUT2D eigenvalue weighted by molar-refractivity contribution is 0.313. The summed E-state index contributed by atoms with van der Waals surface area (Å²) < 4.78 is 10.7. The Labute approximate surface area is 110 Å². The van der Waals surface area contributed by atoms with Gasteiger partial charge >= 0.3 is 0 Å². The molecular weight excluding hydrogens is 226 g/mol. The summed E-state index contributed by atoms with van der Waals surface area (Å²) in [5.74, 6) is 1.75. The average molecular weight is 251 g/mol. The average Bonchev–Trinajstić information content (AvgIpc) is 2.42. The van der Waals surface area contributed by atoms with E-state index in [4.69, 9.17) is 9.47 Å². The number of benzene rings is 1. The van der Waals surface area contributed by atoms with Gasteiger partial charge in [-0.15, -0.1) is 0 Å². The molecule has 0 saturated heterocycles. The van der Waals surface area contributed by atoms with Crippen LogP contribution in [-0.2, 0) is 0 Å². The van der Waals surface area contributed by atoms with Gasteiger partial charge in [0.1, 0.15) is 18.1 Å². The molecule has 0 aliphatic carbocycles. The number of nitrogens with one attached hydrogen (secondary N) is 1. The van der Waals surface area contributed by atoms with E-state index in [0.717, 1.165) is 24.6 Å². The summed E-state index contributed by atoms with van der Waals surface area (Å²) in [5.41, 5.74) is 0. The highest BCUT2D eigenvalue weighted by Gasteiger charge is 1.95. The second-order valence-electron chi connectivity index (χ2n) is 4.33. The standard InChI is InChI=1S/C15H25NO2/c1-3-4-5-6-11-16-12-13-18-15-9-7-14(17-2)8-10-15/h7-10,16H,3-6,11-13H2,1-2H3. The molecule has 0 atom stereocenters. The first-order valence-electron chi connectivity index (χ1n) is 6.84. The molecule has 0 fully saturated rings. The Balaban J connectivity index is 2.00. The van der Waals surface area contributed by atoms with Crippen molar-refractivity contribution in [3.8, 4) is 11.5 Å². The molecule has 1 N–H and O–H groups in total. The Kier molecular flexibility index (Phi) is 8.06. The lowest BCUT2D eigenvalue weighted by Crippen LogP contribution is -2.22. The van der Waals surface area contributed by atoms with E-state index in [2.05, 4.69) is 12.2 Å². The van der Waals surface area contributed by atoms with Crippen molar-refractivity contribution in [2.75, 3.05) is 26.8 Å². The van der Waals surface area contributed by atoms with Crippen molar-refractivity contribution in [1.29, 1.82) is 0 Å². The monoisotopic (exact) mass is 251 g/mol. The maximum absolute atomic E-state index is 5.62.